The Kier molecular flexibility index (Phi) is 3.16. The molecular weight excluding hydrogens is 276 g/mol. The minimum atomic E-state index is 0.536. The van der Waals surface area contributed by atoms with Crippen LogP contribution in [0.15, 0.2) is 59.9 Å². The standard InChI is InChI=1S/C17H14N4O/c1-4-12-5-2-8-18-15(12)14(7-1)22-17-13(6-3-9-21-17)16-19-10-11-20-16/h1-9H,10-11H2,(H,19,20). The molecule has 0 saturated carbocycles. The molecule has 0 unspecified atom stereocenters. The highest BCUT2D eigenvalue weighted by atomic mass is 16.5. The Balaban J connectivity index is 1.77. The van der Waals surface area contributed by atoms with Crippen molar-refractivity contribution in [2.45, 2.75) is 0 Å². The molecule has 0 aliphatic carbocycles. The van der Waals surface area contributed by atoms with Crippen molar-refractivity contribution in [3.63, 3.8) is 0 Å². The first kappa shape index (κ1) is 12.8. The SMILES string of the molecule is c1cnc(Oc2cccc3cccnc23)c(C2=NCCN2)c1. The highest BCUT2D eigenvalue weighted by Gasteiger charge is 2.15. The van der Waals surface area contributed by atoms with Gasteiger partial charge in [-0.3, -0.25) is 9.98 Å². The lowest BCUT2D eigenvalue weighted by molar-refractivity contribution is 0.466. The third-order valence-corrected chi connectivity index (χ3v) is 3.50. The zero-order valence-electron chi connectivity index (χ0n) is 11.9. The quantitative estimate of drug-likeness (QED) is 0.806. The molecule has 0 saturated heterocycles. The number of aliphatic imine (C=N–C) groups is 1. The Morgan fingerprint density at radius 2 is 1.82 bits per heavy atom. The zero-order valence-corrected chi connectivity index (χ0v) is 11.9. The number of fused-ring (bicyclic) bond motifs is 1. The predicted octanol–water partition coefficient (Wildman–Crippen LogP) is 2.77. The number of rotatable bonds is 3. The summed E-state index contributed by atoms with van der Waals surface area (Å²) in [7, 11) is 0. The van der Waals surface area contributed by atoms with Crippen LogP contribution in [0.3, 0.4) is 0 Å². The number of hydrogen-bond acceptors (Lipinski definition) is 5. The molecule has 0 bridgehead atoms. The molecule has 3 aromatic rings. The summed E-state index contributed by atoms with van der Waals surface area (Å²) in [6.07, 6.45) is 3.48. The number of pyridine rings is 2. The van der Waals surface area contributed by atoms with Crippen LogP contribution in [0.1, 0.15) is 5.56 Å². The summed E-state index contributed by atoms with van der Waals surface area (Å²) in [6, 6.07) is 13.6. The fraction of sp³-hybridized carbons (Fsp3) is 0.118. The molecule has 1 aliphatic heterocycles. The first-order valence-electron chi connectivity index (χ1n) is 7.17. The van der Waals surface area contributed by atoms with E-state index in [1.54, 1.807) is 12.4 Å². The molecule has 3 heterocycles. The van der Waals surface area contributed by atoms with Crippen molar-refractivity contribution in [2.24, 2.45) is 4.99 Å². The fourth-order valence-electron chi connectivity index (χ4n) is 2.49. The minimum Gasteiger partial charge on any atom is -0.436 e. The molecule has 5 nitrogen and oxygen atoms in total. The molecule has 22 heavy (non-hydrogen) atoms. The van der Waals surface area contributed by atoms with E-state index in [2.05, 4.69) is 20.3 Å². The van der Waals surface area contributed by atoms with Crippen molar-refractivity contribution in [1.82, 2.24) is 15.3 Å². The lowest BCUT2D eigenvalue weighted by atomic mass is 10.2. The number of ether oxygens (including phenoxy) is 1. The second-order valence-electron chi connectivity index (χ2n) is 4.95. The van der Waals surface area contributed by atoms with Gasteiger partial charge in [0, 0.05) is 24.3 Å². The van der Waals surface area contributed by atoms with E-state index >= 15 is 0 Å². The maximum atomic E-state index is 6.04. The molecule has 0 spiro atoms. The van der Waals surface area contributed by atoms with Gasteiger partial charge in [-0.15, -0.1) is 0 Å². The smallest absolute Gasteiger partial charge is 0.230 e. The summed E-state index contributed by atoms with van der Waals surface area (Å²) in [5.74, 6) is 2.06. The van der Waals surface area contributed by atoms with Crippen LogP contribution in [0.25, 0.3) is 10.9 Å². The second kappa shape index (κ2) is 5.44. The number of hydrogen-bond donors (Lipinski definition) is 1. The van der Waals surface area contributed by atoms with Gasteiger partial charge in [-0.2, -0.15) is 0 Å². The molecule has 5 heteroatoms. The summed E-state index contributed by atoms with van der Waals surface area (Å²) in [4.78, 5) is 13.2. The molecular formula is C17H14N4O. The van der Waals surface area contributed by atoms with Crippen LogP contribution in [0.4, 0.5) is 0 Å². The van der Waals surface area contributed by atoms with Crippen molar-refractivity contribution in [3.8, 4) is 11.6 Å². The first-order chi connectivity index (χ1) is 10.9. The predicted molar refractivity (Wildman–Crippen MR) is 85.5 cm³/mol. The summed E-state index contributed by atoms with van der Waals surface area (Å²) < 4.78 is 6.04. The van der Waals surface area contributed by atoms with Gasteiger partial charge < -0.3 is 10.1 Å². The van der Waals surface area contributed by atoms with E-state index in [0.29, 0.717) is 11.6 Å². The highest BCUT2D eigenvalue weighted by Crippen LogP contribution is 2.29. The monoisotopic (exact) mass is 290 g/mol. The van der Waals surface area contributed by atoms with Gasteiger partial charge in [0.15, 0.2) is 5.75 Å². The van der Waals surface area contributed by atoms with Crippen molar-refractivity contribution in [3.05, 3.63) is 60.4 Å². The summed E-state index contributed by atoms with van der Waals surface area (Å²) in [5, 5.41) is 4.29. The van der Waals surface area contributed by atoms with Crippen LogP contribution in [0.2, 0.25) is 0 Å². The van der Waals surface area contributed by atoms with E-state index in [0.717, 1.165) is 35.4 Å². The maximum Gasteiger partial charge on any atom is 0.230 e. The van der Waals surface area contributed by atoms with Crippen LogP contribution in [-0.2, 0) is 0 Å². The summed E-state index contributed by atoms with van der Waals surface area (Å²) in [6.45, 7) is 1.62. The number of para-hydroxylation sites is 1. The summed E-state index contributed by atoms with van der Waals surface area (Å²) in [5.41, 5.74) is 1.69. The van der Waals surface area contributed by atoms with E-state index < -0.39 is 0 Å². The third kappa shape index (κ3) is 2.26. The molecule has 1 N–H and O–H groups in total. The molecule has 108 valence electrons. The van der Waals surface area contributed by atoms with Crippen molar-refractivity contribution >= 4 is 16.7 Å². The van der Waals surface area contributed by atoms with E-state index in [-0.39, 0.29) is 0 Å². The van der Waals surface area contributed by atoms with Crippen LogP contribution >= 0.6 is 0 Å². The second-order valence-corrected chi connectivity index (χ2v) is 4.95. The van der Waals surface area contributed by atoms with E-state index in [1.807, 2.05) is 42.5 Å². The Bertz CT molecular complexity index is 855. The molecule has 0 atom stereocenters. The molecule has 1 aliphatic rings. The van der Waals surface area contributed by atoms with Gasteiger partial charge in [0.1, 0.15) is 11.4 Å². The zero-order chi connectivity index (χ0) is 14.8. The highest BCUT2D eigenvalue weighted by molar-refractivity contribution is 6.01. The number of nitrogens with one attached hydrogen (secondary N) is 1. The normalized spacial score (nSPS) is 13.7. The molecule has 4 rings (SSSR count). The lowest BCUT2D eigenvalue weighted by Crippen LogP contribution is -2.20. The van der Waals surface area contributed by atoms with Gasteiger partial charge in [0.2, 0.25) is 5.88 Å². The number of aromatic nitrogens is 2. The van der Waals surface area contributed by atoms with Crippen molar-refractivity contribution < 1.29 is 4.74 Å². The average molecular weight is 290 g/mol. The molecule has 0 fully saturated rings. The number of amidine groups is 1. The first-order valence-corrected chi connectivity index (χ1v) is 7.17. The average Bonchev–Trinajstić information content (AvgIpc) is 3.10. The Morgan fingerprint density at radius 1 is 0.955 bits per heavy atom. The van der Waals surface area contributed by atoms with E-state index in [4.69, 9.17) is 4.74 Å². The van der Waals surface area contributed by atoms with E-state index in [1.165, 1.54) is 0 Å². The van der Waals surface area contributed by atoms with Crippen molar-refractivity contribution in [1.29, 1.82) is 0 Å². The maximum absolute atomic E-state index is 6.04. The molecule has 0 amide bonds. The molecule has 2 aromatic heterocycles. The van der Waals surface area contributed by atoms with Crippen LogP contribution < -0.4 is 10.1 Å². The van der Waals surface area contributed by atoms with Gasteiger partial charge in [0.05, 0.1) is 12.1 Å². The topological polar surface area (TPSA) is 59.4 Å². The lowest BCUT2D eigenvalue weighted by Gasteiger charge is -2.11. The van der Waals surface area contributed by atoms with Gasteiger partial charge in [-0.1, -0.05) is 18.2 Å². The van der Waals surface area contributed by atoms with Crippen molar-refractivity contribution in [2.75, 3.05) is 13.1 Å². The van der Waals surface area contributed by atoms with Gasteiger partial charge in [0.25, 0.3) is 0 Å². The number of nitrogens with zero attached hydrogens (tertiary/aromatic N) is 3. The largest absolute Gasteiger partial charge is 0.436 e. The van der Waals surface area contributed by atoms with Crippen LogP contribution in [0, 0.1) is 0 Å². The van der Waals surface area contributed by atoms with Crippen LogP contribution in [-0.4, -0.2) is 28.9 Å². The fourth-order valence-corrected chi connectivity index (χ4v) is 2.49. The van der Waals surface area contributed by atoms with Gasteiger partial charge in [-0.05, 0) is 24.3 Å². The minimum absolute atomic E-state index is 0.536. The summed E-state index contributed by atoms with van der Waals surface area (Å²) >= 11 is 0. The molecule has 1 aromatic carbocycles. The molecule has 0 radical (unpaired) electrons. The van der Waals surface area contributed by atoms with Gasteiger partial charge >= 0.3 is 0 Å². The Hall–Kier alpha value is -2.95. The van der Waals surface area contributed by atoms with Gasteiger partial charge in [-0.25, -0.2) is 4.98 Å². The Labute approximate surface area is 127 Å². The van der Waals surface area contributed by atoms with Crippen LogP contribution in [0.5, 0.6) is 11.6 Å². The Morgan fingerprint density at radius 3 is 2.73 bits per heavy atom. The number of benzene rings is 1. The third-order valence-electron chi connectivity index (χ3n) is 3.50. The van der Waals surface area contributed by atoms with E-state index in [9.17, 15) is 0 Å².